The van der Waals surface area contributed by atoms with E-state index >= 15 is 0 Å². The first-order valence-corrected chi connectivity index (χ1v) is 15.7. The van der Waals surface area contributed by atoms with E-state index in [9.17, 15) is 0 Å². The number of nitriles is 1. The van der Waals surface area contributed by atoms with Crippen molar-refractivity contribution >= 4 is 0 Å². The summed E-state index contributed by atoms with van der Waals surface area (Å²) in [6, 6.07) is 8.13. The summed E-state index contributed by atoms with van der Waals surface area (Å²) in [5.41, 5.74) is 2.86. The average Bonchev–Trinajstić information content (AvgIpc) is 3.25. The molecule has 4 aliphatic rings. The molecule has 202 valence electrons. The largest absolute Gasteiger partial charge is 0.242 e. The zero-order chi connectivity index (χ0) is 26.3. The van der Waals surface area contributed by atoms with Crippen molar-refractivity contribution in [1.29, 1.82) is 5.26 Å². The Morgan fingerprint density at radius 3 is 2.33 bits per heavy atom. The molecule has 0 aromatic carbocycles. The minimum atomic E-state index is 0.549. The highest BCUT2D eigenvalue weighted by atomic mass is 14.7. The molecule has 8 atom stereocenters. The second kappa shape index (κ2) is 12.9. The zero-order valence-corrected chi connectivity index (χ0v) is 24.8. The fourth-order valence-corrected chi connectivity index (χ4v) is 9.09. The molecule has 5 rings (SSSR count). The molecule has 1 heterocycles. The lowest BCUT2D eigenvalue weighted by molar-refractivity contribution is -0.0788. The quantitative estimate of drug-likeness (QED) is 0.419. The minimum absolute atomic E-state index is 0.549. The van der Waals surface area contributed by atoms with Crippen LogP contribution in [0.15, 0.2) is 18.2 Å². The lowest BCUT2D eigenvalue weighted by Crippen LogP contribution is -2.49. The van der Waals surface area contributed by atoms with Crippen LogP contribution in [-0.4, -0.2) is 4.98 Å². The smallest absolute Gasteiger partial charge is 0.140 e. The number of aromatic nitrogens is 1. The molecule has 2 heteroatoms. The van der Waals surface area contributed by atoms with Crippen LogP contribution in [0, 0.1) is 57.7 Å². The standard InChI is InChI=1S/C29H42N2.C3H8.C2H6/c1-4-28(2)16-14-24-20(18-28)8-12-26-25(24)15-17-29(3)21(10-13-27(26)29)9-11-22-6-5-7-23(19-30)31-22;1-3-2;1-2/h5-7,20-21,24-27H,4,8-18H2,1-3H3;3H2,1-2H3;1-2H3/t20?,21?,24?,25?,26?,27?,28-,29?;;/m0../s1. The predicted octanol–water partition coefficient (Wildman–Crippen LogP) is 10.0. The van der Waals surface area contributed by atoms with Crippen molar-refractivity contribution in [2.75, 3.05) is 0 Å². The molecule has 7 unspecified atom stereocenters. The van der Waals surface area contributed by atoms with Gasteiger partial charge in [0.2, 0.25) is 0 Å². The van der Waals surface area contributed by atoms with Crippen molar-refractivity contribution in [3.63, 3.8) is 0 Å². The first-order valence-electron chi connectivity index (χ1n) is 15.7. The molecular weight excluding hydrogens is 436 g/mol. The van der Waals surface area contributed by atoms with Gasteiger partial charge >= 0.3 is 0 Å². The van der Waals surface area contributed by atoms with Gasteiger partial charge in [-0.2, -0.15) is 5.26 Å². The van der Waals surface area contributed by atoms with Crippen molar-refractivity contribution in [2.45, 2.75) is 132 Å². The van der Waals surface area contributed by atoms with Crippen LogP contribution in [-0.2, 0) is 6.42 Å². The van der Waals surface area contributed by atoms with Crippen LogP contribution in [0.3, 0.4) is 0 Å². The molecular formula is C34H56N2. The lowest BCUT2D eigenvalue weighted by Gasteiger charge is -2.57. The summed E-state index contributed by atoms with van der Waals surface area (Å²) in [5.74, 6) is 5.93. The normalized spacial score (nSPS) is 38.6. The maximum absolute atomic E-state index is 9.16. The van der Waals surface area contributed by atoms with Crippen LogP contribution in [0.25, 0.3) is 0 Å². The lowest BCUT2D eigenvalue weighted by atomic mass is 9.48. The predicted molar refractivity (Wildman–Crippen MR) is 154 cm³/mol. The van der Waals surface area contributed by atoms with Gasteiger partial charge in [0.25, 0.3) is 0 Å². The van der Waals surface area contributed by atoms with E-state index in [2.05, 4.69) is 51.7 Å². The minimum Gasteiger partial charge on any atom is -0.242 e. The number of rotatable bonds is 4. The van der Waals surface area contributed by atoms with Crippen molar-refractivity contribution in [2.24, 2.45) is 46.3 Å². The van der Waals surface area contributed by atoms with Crippen molar-refractivity contribution in [1.82, 2.24) is 4.98 Å². The van der Waals surface area contributed by atoms with Gasteiger partial charge in [-0.3, -0.25) is 0 Å². The molecule has 2 nitrogen and oxygen atoms in total. The van der Waals surface area contributed by atoms with Gasteiger partial charge in [-0.15, -0.1) is 0 Å². The van der Waals surface area contributed by atoms with Crippen molar-refractivity contribution < 1.29 is 0 Å². The summed E-state index contributed by atoms with van der Waals surface area (Å²) < 4.78 is 0. The highest BCUT2D eigenvalue weighted by Gasteiger charge is 2.57. The van der Waals surface area contributed by atoms with E-state index in [1.807, 2.05) is 26.0 Å². The van der Waals surface area contributed by atoms with Gasteiger partial charge in [0.05, 0.1) is 0 Å². The first kappa shape index (κ1) is 29.2. The highest BCUT2D eigenvalue weighted by molar-refractivity contribution is 5.22. The first-order chi connectivity index (χ1) is 17.4. The third kappa shape index (κ3) is 6.03. The third-order valence-electron chi connectivity index (χ3n) is 11.1. The van der Waals surface area contributed by atoms with E-state index in [1.54, 1.807) is 0 Å². The van der Waals surface area contributed by atoms with Gasteiger partial charge in [-0.25, -0.2) is 4.98 Å². The van der Waals surface area contributed by atoms with Crippen LogP contribution in [0.4, 0.5) is 0 Å². The average molecular weight is 493 g/mol. The molecule has 0 N–H and O–H groups in total. The Bertz CT molecular complexity index is 855. The Kier molecular flexibility index (Phi) is 10.5. The Labute approximate surface area is 224 Å². The Morgan fingerprint density at radius 2 is 1.64 bits per heavy atom. The fourth-order valence-electron chi connectivity index (χ4n) is 9.09. The van der Waals surface area contributed by atoms with Crippen LogP contribution in [0.2, 0.25) is 0 Å². The molecule has 1 aromatic rings. The van der Waals surface area contributed by atoms with Crippen molar-refractivity contribution in [3.8, 4) is 6.07 Å². The summed E-state index contributed by atoms with van der Waals surface area (Å²) in [5, 5.41) is 9.16. The Hall–Kier alpha value is -1.36. The van der Waals surface area contributed by atoms with Crippen molar-refractivity contribution in [3.05, 3.63) is 29.6 Å². The summed E-state index contributed by atoms with van der Waals surface area (Å²) >= 11 is 0. The van der Waals surface area contributed by atoms with Crippen LogP contribution in [0.5, 0.6) is 0 Å². The molecule has 4 saturated carbocycles. The molecule has 4 aliphatic carbocycles. The third-order valence-corrected chi connectivity index (χ3v) is 11.1. The number of hydrogen-bond acceptors (Lipinski definition) is 2. The zero-order valence-electron chi connectivity index (χ0n) is 24.8. The molecule has 0 spiro atoms. The van der Waals surface area contributed by atoms with Crippen LogP contribution in [0.1, 0.15) is 137 Å². The van der Waals surface area contributed by atoms with Crippen LogP contribution < -0.4 is 0 Å². The SMILES string of the molecule is CC.CCC.CC[C@@]1(C)CCC2C(CCC3C2CCC2(C)C(CCc4cccc(C#N)n4)CCC32)C1. The second-order valence-corrected chi connectivity index (χ2v) is 13.0. The summed E-state index contributed by atoms with van der Waals surface area (Å²) in [6.45, 7) is 15.9. The molecule has 36 heavy (non-hydrogen) atoms. The van der Waals surface area contributed by atoms with Gasteiger partial charge in [-0.1, -0.05) is 67.4 Å². The van der Waals surface area contributed by atoms with Gasteiger partial charge in [0.15, 0.2) is 0 Å². The number of hydrogen-bond donors (Lipinski definition) is 0. The molecule has 0 radical (unpaired) electrons. The fraction of sp³-hybridized carbons (Fsp3) is 0.824. The number of aryl methyl sites for hydroxylation is 1. The molecule has 0 bridgehead atoms. The highest BCUT2D eigenvalue weighted by Crippen LogP contribution is 2.65. The molecule has 0 amide bonds. The van der Waals surface area contributed by atoms with E-state index in [0.29, 0.717) is 16.5 Å². The molecule has 0 aliphatic heterocycles. The summed E-state index contributed by atoms with van der Waals surface area (Å²) in [4.78, 5) is 4.55. The number of pyridine rings is 1. The Morgan fingerprint density at radius 1 is 0.917 bits per heavy atom. The van der Waals surface area contributed by atoms with E-state index < -0.39 is 0 Å². The maximum atomic E-state index is 9.16. The molecule has 1 aromatic heterocycles. The summed E-state index contributed by atoms with van der Waals surface area (Å²) in [7, 11) is 0. The maximum Gasteiger partial charge on any atom is 0.140 e. The number of nitrogens with zero attached hydrogens (tertiary/aromatic N) is 2. The van der Waals surface area contributed by atoms with E-state index in [1.165, 1.54) is 77.0 Å². The Balaban J connectivity index is 0.000000674. The van der Waals surface area contributed by atoms with E-state index in [0.717, 1.165) is 47.6 Å². The summed E-state index contributed by atoms with van der Waals surface area (Å²) in [6.07, 6.45) is 18.3. The monoisotopic (exact) mass is 492 g/mol. The van der Waals surface area contributed by atoms with Gasteiger partial charge < -0.3 is 0 Å². The van der Waals surface area contributed by atoms with Crippen LogP contribution >= 0.6 is 0 Å². The van der Waals surface area contributed by atoms with Gasteiger partial charge in [0, 0.05) is 5.69 Å². The topological polar surface area (TPSA) is 36.7 Å². The molecule has 0 saturated heterocycles. The van der Waals surface area contributed by atoms with Gasteiger partial charge in [0.1, 0.15) is 11.8 Å². The second-order valence-electron chi connectivity index (χ2n) is 13.0. The molecule has 4 fully saturated rings. The number of fused-ring (bicyclic) bond motifs is 5. The van der Waals surface area contributed by atoms with Gasteiger partial charge in [-0.05, 0) is 129 Å². The van der Waals surface area contributed by atoms with E-state index in [-0.39, 0.29) is 0 Å². The van der Waals surface area contributed by atoms with E-state index in [4.69, 9.17) is 5.26 Å².